The van der Waals surface area contributed by atoms with E-state index in [0.29, 0.717) is 22.9 Å². The number of ether oxygens (including phenoxy) is 1. The Labute approximate surface area is 106 Å². The van der Waals surface area contributed by atoms with Crippen molar-refractivity contribution in [2.24, 2.45) is 0 Å². The van der Waals surface area contributed by atoms with Crippen molar-refractivity contribution in [1.82, 2.24) is 4.98 Å². The fourth-order valence-electron chi connectivity index (χ4n) is 1.61. The molecular formula is C12H10BrNO3. The number of carbonyl (C=O) groups excluding carboxylic acids is 1. The number of fused-ring (bicyclic) bond motifs is 1. The fourth-order valence-corrected chi connectivity index (χ4v) is 1.97. The fraction of sp³-hybridized carbons (Fsp3) is 0.167. The molecule has 0 fully saturated rings. The van der Waals surface area contributed by atoms with Crippen LogP contribution in [0.2, 0.25) is 0 Å². The lowest BCUT2D eigenvalue weighted by atomic mass is 10.1. The summed E-state index contributed by atoms with van der Waals surface area (Å²) in [4.78, 5) is 25.9. The summed E-state index contributed by atoms with van der Waals surface area (Å²) in [5.74, 6) is -0.434. The van der Waals surface area contributed by atoms with Crippen LogP contribution >= 0.6 is 15.9 Å². The van der Waals surface area contributed by atoms with E-state index in [4.69, 9.17) is 4.74 Å². The Morgan fingerprint density at radius 1 is 1.41 bits per heavy atom. The van der Waals surface area contributed by atoms with Crippen LogP contribution in [0.15, 0.2) is 33.7 Å². The summed E-state index contributed by atoms with van der Waals surface area (Å²) < 4.78 is 5.72. The smallest absolute Gasteiger partial charge is 0.340 e. The number of halogens is 1. The zero-order chi connectivity index (χ0) is 12.4. The molecule has 0 aliphatic carbocycles. The van der Waals surface area contributed by atoms with Crippen molar-refractivity contribution >= 4 is 32.7 Å². The first-order chi connectivity index (χ1) is 8.13. The highest BCUT2D eigenvalue weighted by Gasteiger charge is 2.12. The van der Waals surface area contributed by atoms with E-state index >= 15 is 0 Å². The maximum Gasteiger partial charge on any atom is 0.340 e. The van der Waals surface area contributed by atoms with E-state index in [-0.39, 0.29) is 5.56 Å². The molecule has 0 amide bonds. The van der Waals surface area contributed by atoms with Crippen LogP contribution < -0.4 is 5.56 Å². The Morgan fingerprint density at radius 2 is 2.18 bits per heavy atom. The highest BCUT2D eigenvalue weighted by molar-refractivity contribution is 9.10. The minimum absolute atomic E-state index is 0.227. The number of nitrogens with one attached hydrogen (secondary N) is 1. The third-order valence-electron chi connectivity index (χ3n) is 2.36. The van der Waals surface area contributed by atoms with Gasteiger partial charge in [-0.2, -0.15) is 0 Å². The lowest BCUT2D eigenvalue weighted by Crippen LogP contribution is -2.12. The number of carbonyl (C=O) groups is 1. The molecular weight excluding hydrogens is 286 g/mol. The number of aromatic amines is 1. The van der Waals surface area contributed by atoms with Crippen LogP contribution in [0, 0.1) is 0 Å². The van der Waals surface area contributed by atoms with Gasteiger partial charge in [0.15, 0.2) is 0 Å². The van der Waals surface area contributed by atoms with E-state index in [9.17, 15) is 9.59 Å². The van der Waals surface area contributed by atoms with Crippen molar-refractivity contribution in [2.75, 3.05) is 6.61 Å². The molecule has 0 saturated carbocycles. The summed E-state index contributed by atoms with van der Waals surface area (Å²) >= 11 is 3.29. The number of hydrogen-bond donors (Lipinski definition) is 1. The van der Waals surface area contributed by atoms with E-state index in [1.165, 1.54) is 6.20 Å². The lowest BCUT2D eigenvalue weighted by molar-refractivity contribution is 0.0528. The molecule has 1 N–H and O–H groups in total. The molecule has 17 heavy (non-hydrogen) atoms. The maximum atomic E-state index is 11.7. The molecule has 1 aromatic carbocycles. The van der Waals surface area contributed by atoms with Gasteiger partial charge in [0.25, 0.3) is 5.56 Å². The van der Waals surface area contributed by atoms with Crippen LogP contribution in [-0.2, 0) is 4.74 Å². The molecule has 0 aliphatic rings. The predicted molar refractivity (Wildman–Crippen MR) is 68.2 cm³/mol. The van der Waals surface area contributed by atoms with Crippen molar-refractivity contribution in [3.63, 3.8) is 0 Å². The van der Waals surface area contributed by atoms with E-state index in [1.807, 2.05) is 0 Å². The van der Waals surface area contributed by atoms with Gasteiger partial charge in [-0.25, -0.2) is 4.79 Å². The number of esters is 1. The highest BCUT2D eigenvalue weighted by atomic mass is 79.9. The second-order valence-electron chi connectivity index (χ2n) is 3.44. The van der Waals surface area contributed by atoms with Gasteiger partial charge < -0.3 is 9.72 Å². The number of rotatable bonds is 2. The second-order valence-corrected chi connectivity index (χ2v) is 4.36. The van der Waals surface area contributed by atoms with Crippen LogP contribution in [0.5, 0.6) is 0 Å². The molecule has 0 atom stereocenters. The van der Waals surface area contributed by atoms with Crippen LogP contribution in [0.3, 0.4) is 0 Å². The molecule has 0 radical (unpaired) electrons. The quantitative estimate of drug-likeness (QED) is 0.866. The van der Waals surface area contributed by atoms with Crippen molar-refractivity contribution in [3.8, 4) is 0 Å². The third kappa shape index (κ3) is 2.24. The molecule has 0 saturated heterocycles. The van der Waals surface area contributed by atoms with Gasteiger partial charge in [-0.3, -0.25) is 4.79 Å². The Kier molecular flexibility index (Phi) is 3.28. The molecule has 88 valence electrons. The Hall–Kier alpha value is -1.62. The average molecular weight is 296 g/mol. The predicted octanol–water partition coefficient (Wildman–Crippen LogP) is 2.47. The number of pyridine rings is 1. The van der Waals surface area contributed by atoms with Gasteiger partial charge in [0.1, 0.15) is 0 Å². The Balaban J connectivity index is 2.70. The molecule has 1 heterocycles. The minimum Gasteiger partial charge on any atom is -0.462 e. The van der Waals surface area contributed by atoms with Crippen molar-refractivity contribution in [2.45, 2.75) is 6.92 Å². The first-order valence-electron chi connectivity index (χ1n) is 5.11. The summed E-state index contributed by atoms with van der Waals surface area (Å²) in [6.45, 7) is 2.04. The normalized spacial score (nSPS) is 10.5. The van der Waals surface area contributed by atoms with E-state index in [0.717, 1.165) is 4.47 Å². The van der Waals surface area contributed by atoms with Crippen LogP contribution in [-0.4, -0.2) is 17.6 Å². The largest absolute Gasteiger partial charge is 0.462 e. The average Bonchev–Trinajstić information content (AvgIpc) is 2.30. The van der Waals surface area contributed by atoms with Gasteiger partial charge >= 0.3 is 5.97 Å². The number of hydrogen-bond acceptors (Lipinski definition) is 3. The van der Waals surface area contributed by atoms with Crippen molar-refractivity contribution in [1.29, 1.82) is 0 Å². The molecule has 1 aromatic heterocycles. The van der Waals surface area contributed by atoms with Crippen molar-refractivity contribution in [3.05, 3.63) is 44.8 Å². The SMILES string of the molecule is CCOC(=O)c1c[nH]c(=O)c2cc(Br)ccc12. The van der Waals surface area contributed by atoms with Gasteiger partial charge in [-0.1, -0.05) is 22.0 Å². The van der Waals surface area contributed by atoms with E-state index < -0.39 is 5.97 Å². The zero-order valence-corrected chi connectivity index (χ0v) is 10.7. The summed E-state index contributed by atoms with van der Waals surface area (Å²) in [5, 5.41) is 1.06. The van der Waals surface area contributed by atoms with Gasteiger partial charge in [0.05, 0.1) is 12.2 Å². The van der Waals surface area contributed by atoms with Crippen LogP contribution in [0.25, 0.3) is 10.8 Å². The monoisotopic (exact) mass is 295 g/mol. The molecule has 0 spiro atoms. The summed E-state index contributed by atoms with van der Waals surface area (Å²) in [6, 6.07) is 5.18. The van der Waals surface area contributed by atoms with E-state index in [1.54, 1.807) is 25.1 Å². The highest BCUT2D eigenvalue weighted by Crippen LogP contribution is 2.20. The van der Waals surface area contributed by atoms with Gasteiger partial charge in [-0.15, -0.1) is 0 Å². The number of aromatic nitrogens is 1. The van der Waals surface area contributed by atoms with Crippen LogP contribution in [0.1, 0.15) is 17.3 Å². The molecule has 0 unspecified atom stereocenters. The zero-order valence-electron chi connectivity index (χ0n) is 9.12. The molecule has 0 bridgehead atoms. The molecule has 2 aromatic rings. The Morgan fingerprint density at radius 3 is 2.88 bits per heavy atom. The third-order valence-corrected chi connectivity index (χ3v) is 2.85. The summed E-state index contributed by atoms with van der Waals surface area (Å²) in [7, 11) is 0. The molecule has 2 rings (SSSR count). The maximum absolute atomic E-state index is 11.7. The summed E-state index contributed by atoms with van der Waals surface area (Å²) in [5.41, 5.74) is 0.142. The second kappa shape index (κ2) is 4.71. The molecule has 4 nitrogen and oxygen atoms in total. The van der Waals surface area contributed by atoms with Gasteiger partial charge in [0, 0.05) is 21.4 Å². The molecule has 0 aliphatic heterocycles. The summed E-state index contributed by atoms with van der Waals surface area (Å²) in [6.07, 6.45) is 1.39. The van der Waals surface area contributed by atoms with Gasteiger partial charge in [0.2, 0.25) is 0 Å². The number of benzene rings is 1. The first-order valence-corrected chi connectivity index (χ1v) is 5.91. The van der Waals surface area contributed by atoms with Gasteiger partial charge in [-0.05, 0) is 19.1 Å². The minimum atomic E-state index is -0.434. The molecule has 5 heteroatoms. The van der Waals surface area contributed by atoms with Crippen LogP contribution in [0.4, 0.5) is 0 Å². The first kappa shape index (κ1) is 11.9. The topological polar surface area (TPSA) is 59.2 Å². The Bertz CT molecular complexity index is 633. The lowest BCUT2D eigenvalue weighted by Gasteiger charge is -2.05. The number of H-pyrrole nitrogens is 1. The standard InChI is InChI=1S/C12H10BrNO3/c1-2-17-12(16)10-6-14-11(15)9-5-7(13)3-4-8(9)10/h3-6H,2H2,1H3,(H,14,15). The van der Waals surface area contributed by atoms with Crippen molar-refractivity contribution < 1.29 is 9.53 Å². The van der Waals surface area contributed by atoms with E-state index in [2.05, 4.69) is 20.9 Å².